The normalized spacial score (nSPS) is 16.7. The molecule has 0 aromatic rings. The van der Waals surface area contributed by atoms with Gasteiger partial charge in [0.05, 0.1) is 0 Å². The standard InChI is InChI=1S/C18H38N4/c1-16(2)22(4)15-8-7-13-20-18(19-3)21-14-9-12-17-10-5-6-11-17/h16-17H,5-15H2,1-4H3,(H2,19,20,21). The van der Waals surface area contributed by atoms with Crippen LogP contribution in [-0.4, -0.2) is 50.6 Å². The second kappa shape index (κ2) is 11.8. The summed E-state index contributed by atoms with van der Waals surface area (Å²) in [6.45, 7) is 7.72. The van der Waals surface area contributed by atoms with Crippen LogP contribution in [0.1, 0.15) is 65.2 Å². The second-order valence-corrected chi connectivity index (χ2v) is 7.00. The van der Waals surface area contributed by atoms with Crippen LogP contribution in [0.4, 0.5) is 0 Å². The monoisotopic (exact) mass is 310 g/mol. The van der Waals surface area contributed by atoms with Crippen molar-refractivity contribution in [3.8, 4) is 0 Å². The van der Waals surface area contributed by atoms with Gasteiger partial charge in [-0.2, -0.15) is 0 Å². The summed E-state index contributed by atoms with van der Waals surface area (Å²) in [6.07, 6.45) is 10.9. The predicted octanol–water partition coefficient (Wildman–Crippen LogP) is 3.24. The summed E-state index contributed by atoms with van der Waals surface area (Å²) in [7, 11) is 4.06. The van der Waals surface area contributed by atoms with Gasteiger partial charge in [0.25, 0.3) is 0 Å². The first-order valence-electron chi connectivity index (χ1n) is 9.28. The van der Waals surface area contributed by atoms with Gasteiger partial charge < -0.3 is 15.5 Å². The minimum atomic E-state index is 0.641. The van der Waals surface area contributed by atoms with Crippen molar-refractivity contribution in [2.24, 2.45) is 10.9 Å². The third-order valence-corrected chi connectivity index (χ3v) is 4.89. The van der Waals surface area contributed by atoms with Gasteiger partial charge in [-0.15, -0.1) is 0 Å². The molecule has 4 nitrogen and oxygen atoms in total. The highest BCUT2D eigenvalue weighted by Gasteiger charge is 2.13. The molecule has 130 valence electrons. The van der Waals surface area contributed by atoms with Gasteiger partial charge in [0.1, 0.15) is 0 Å². The van der Waals surface area contributed by atoms with Gasteiger partial charge >= 0.3 is 0 Å². The lowest BCUT2D eigenvalue weighted by Gasteiger charge is -2.20. The van der Waals surface area contributed by atoms with Gasteiger partial charge in [-0.05, 0) is 59.0 Å². The van der Waals surface area contributed by atoms with E-state index in [0.717, 1.165) is 25.0 Å². The quantitative estimate of drug-likeness (QED) is 0.370. The van der Waals surface area contributed by atoms with Crippen LogP contribution in [0.5, 0.6) is 0 Å². The number of nitrogens with one attached hydrogen (secondary N) is 2. The molecule has 0 unspecified atom stereocenters. The van der Waals surface area contributed by atoms with Crippen LogP contribution in [0.15, 0.2) is 4.99 Å². The van der Waals surface area contributed by atoms with E-state index in [1.165, 1.54) is 57.9 Å². The summed E-state index contributed by atoms with van der Waals surface area (Å²) in [5.41, 5.74) is 0. The Morgan fingerprint density at radius 3 is 2.32 bits per heavy atom. The van der Waals surface area contributed by atoms with E-state index in [1.54, 1.807) is 0 Å². The molecule has 1 fully saturated rings. The molecule has 1 aliphatic carbocycles. The Kier molecular flexibility index (Phi) is 10.3. The van der Waals surface area contributed by atoms with Gasteiger partial charge in [-0.3, -0.25) is 4.99 Å². The third-order valence-electron chi connectivity index (χ3n) is 4.89. The molecule has 0 aromatic heterocycles. The molecule has 1 aliphatic rings. The molecule has 0 saturated heterocycles. The first-order chi connectivity index (χ1) is 10.6. The lowest BCUT2D eigenvalue weighted by molar-refractivity contribution is 0.268. The highest BCUT2D eigenvalue weighted by Crippen LogP contribution is 2.28. The SMILES string of the molecule is CN=C(NCCCCN(C)C(C)C)NCCCC1CCCC1. The number of hydrogen-bond donors (Lipinski definition) is 2. The predicted molar refractivity (Wildman–Crippen MR) is 97.6 cm³/mol. The van der Waals surface area contributed by atoms with E-state index < -0.39 is 0 Å². The van der Waals surface area contributed by atoms with Gasteiger partial charge in [0, 0.05) is 26.2 Å². The number of unbranched alkanes of at least 4 members (excludes halogenated alkanes) is 1. The Bertz CT molecular complexity index is 295. The fraction of sp³-hybridized carbons (Fsp3) is 0.944. The Morgan fingerprint density at radius 2 is 1.73 bits per heavy atom. The Hall–Kier alpha value is -0.770. The highest BCUT2D eigenvalue weighted by atomic mass is 15.2. The topological polar surface area (TPSA) is 39.7 Å². The van der Waals surface area contributed by atoms with Crippen LogP contribution < -0.4 is 10.6 Å². The maximum atomic E-state index is 4.30. The average molecular weight is 311 g/mol. The number of hydrogen-bond acceptors (Lipinski definition) is 2. The molecule has 0 amide bonds. The fourth-order valence-corrected chi connectivity index (χ4v) is 3.07. The average Bonchev–Trinajstić information content (AvgIpc) is 3.01. The summed E-state index contributed by atoms with van der Waals surface area (Å²) in [5.74, 6) is 1.96. The largest absolute Gasteiger partial charge is 0.356 e. The Labute approximate surface area is 138 Å². The molecule has 0 bridgehead atoms. The van der Waals surface area contributed by atoms with Gasteiger partial charge in [-0.1, -0.05) is 25.7 Å². The van der Waals surface area contributed by atoms with Crippen molar-refractivity contribution in [2.45, 2.75) is 71.3 Å². The summed E-state index contributed by atoms with van der Waals surface area (Å²) in [4.78, 5) is 6.70. The van der Waals surface area contributed by atoms with E-state index in [2.05, 4.69) is 41.4 Å². The molecule has 0 aliphatic heterocycles. The smallest absolute Gasteiger partial charge is 0.190 e. The van der Waals surface area contributed by atoms with E-state index >= 15 is 0 Å². The zero-order chi connectivity index (χ0) is 16.2. The van der Waals surface area contributed by atoms with E-state index in [1.807, 2.05) is 7.05 Å². The number of aliphatic imine (C=N–C) groups is 1. The molecular formula is C18H38N4. The number of rotatable bonds is 10. The molecule has 1 saturated carbocycles. The molecule has 4 heteroatoms. The van der Waals surface area contributed by atoms with E-state index in [-0.39, 0.29) is 0 Å². The van der Waals surface area contributed by atoms with Gasteiger partial charge in [0.15, 0.2) is 5.96 Å². The first kappa shape index (κ1) is 19.3. The molecule has 0 heterocycles. The summed E-state index contributed by atoms with van der Waals surface area (Å²) < 4.78 is 0. The van der Waals surface area contributed by atoms with Gasteiger partial charge in [0.2, 0.25) is 0 Å². The molecule has 22 heavy (non-hydrogen) atoms. The van der Waals surface area contributed by atoms with Crippen molar-refractivity contribution in [1.82, 2.24) is 15.5 Å². The minimum Gasteiger partial charge on any atom is -0.356 e. The van der Waals surface area contributed by atoms with Crippen molar-refractivity contribution in [3.63, 3.8) is 0 Å². The molecule has 0 aromatic carbocycles. The maximum absolute atomic E-state index is 4.30. The van der Waals surface area contributed by atoms with Crippen LogP contribution in [-0.2, 0) is 0 Å². The number of nitrogens with zero attached hydrogens (tertiary/aromatic N) is 2. The van der Waals surface area contributed by atoms with Crippen molar-refractivity contribution < 1.29 is 0 Å². The molecular weight excluding hydrogens is 272 g/mol. The van der Waals surface area contributed by atoms with Crippen molar-refractivity contribution in [3.05, 3.63) is 0 Å². The van der Waals surface area contributed by atoms with Crippen molar-refractivity contribution >= 4 is 5.96 Å². The van der Waals surface area contributed by atoms with Crippen molar-refractivity contribution in [1.29, 1.82) is 0 Å². The molecule has 0 spiro atoms. The van der Waals surface area contributed by atoms with Crippen LogP contribution >= 0.6 is 0 Å². The third kappa shape index (κ3) is 8.62. The molecule has 1 rings (SSSR count). The van der Waals surface area contributed by atoms with Gasteiger partial charge in [-0.25, -0.2) is 0 Å². The highest BCUT2D eigenvalue weighted by molar-refractivity contribution is 5.79. The molecule has 0 radical (unpaired) electrons. The minimum absolute atomic E-state index is 0.641. The second-order valence-electron chi connectivity index (χ2n) is 7.00. The summed E-state index contributed by atoms with van der Waals surface area (Å²) in [5, 5.41) is 6.86. The Balaban J connectivity index is 1.97. The summed E-state index contributed by atoms with van der Waals surface area (Å²) in [6, 6.07) is 0.641. The van der Waals surface area contributed by atoms with Crippen molar-refractivity contribution in [2.75, 3.05) is 33.7 Å². The first-order valence-corrected chi connectivity index (χ1v) is 9.28. The number of guanidine groups is 1. The van der Waals surface area contributed by atoms with Crippen LogP contribution in [0.2, 0.25) is 0 Å². The van der Waals surface area contributed by atoms with Crippen LogP contribution in [0.3, 0.4) is 0 Å². The Morgan fingerprint density at radius 1 is 1.09 bits per heavy atom. The summed E-state index contributed by atoms with van der Waals surface area (Å²) >= 11 is 0. The maximum Gasteiger partial charge on any atom is 0.190 e. The molecule has 0 atom stereocenters. The lowest BCUT2D eigenvalue weighted by atomic mass is 10.0. The zero-order valence-corrected chi connectivity index (χ0v) is 15.3. The van der Waals surface area contributed by atoms with E-state index in [4.69, 9.17) is 0 Å². The fourth-order valence-electron chi connectivity index (χ4n) is 3.07. The van der Waals surface area contributed by atoms with Crippen LogP contribution in [0, 0.1) is 5.92 Å². The van der Waals surface area contributed by atoms with E-state index in [9.17, 15) is 0 Å². The van der Waals surface area contributed by atoms with E-state index in [0.29, 0.717) is 6.04 Å². The molecule has 2 N–H and O–H groups in total. The van der Waals surface area contributed by atoms with Crippen LogP contribution in [0.25, 0.3) is 0 Å². The zero-order valence-electron chi connectivity index (χ0n) is 15.3. The lowest BCUT2D eigenvalue weighted by Crippen LogP contribution is -2.38.